The van der Waals surface area contributed by atoms with Gasteiger partial charge in [0.25, 0.3) is 0 Å². The lowest BCUT2D eigenvalue weighted by Crippen LogP contribution is -2.31. The van der Waals surface area contributed by atoms with Crippen molar-refractivity contribution in [3.8, 4) is 0 Å². The van der Waals surface area contributed by atoms with Gasteiger partial charge in [-0.1, -0.05) is 0 Å². The Morgan fingerprint density at radius 3 is 2.73 bits per heavy atom. The van der Waals surface area contributed by atoms with Gasteiger partial charge < -0.3 is 10.1 Å². The lowest BCUT2D eigenvalue weighted by Gasteiger charge is -2.07. The van der Waals surface area contributed by atoms with Gasteiger partial charge in [0.2, 0.25) is 11.6 Å². The number of esters is 1. The lowest BCUT2D eigenvalue weighted by molar-refractivity contribution is -0.142. The molecule has 15 heavy (non-hydrogen) atoms. The molecule has 0 aromatic rings. The summed E-state index contributed by atoms with van der Waals surface area (Å²) in [5.74, 6) is -1.50. The Bertz CT molecular complexity index is 387. The van der Waals surface area contributed by atoms with E-state index in [4.69, 9.17) is 0 Å². The van der Waals surface area contributed by atoms with Crippen LogP contribution in [0.2, 0.25) is 0 Å². The van der Waals surface area contributed by atoms with Gasteiger partial charge in [-0.05, 0) is 11.6 Å². The van der Waals surface area contributed by atoms with Crippen LogP contribution in [0.5, 0.6) is 0 Å². The van der Waals surface area contributed by atoms with Gasteiger partial charge in [-0.15, -0.1) is 0 Å². The predicted octanol–water partition coefficient (Wildman–Crippen LogP) is -0.517. The zero-order chi connectivity index (χ0) is 11.0. The molecular weight excluding hydrogens is 198 g/mol. The molecule has 0 bridgehead atoms. The van der Waals surface area contributed by atoms with Crippen molar-refractivity contribution in [2.45, 2.75) is 12.5 Å². The predicted molar refractivity (Wildman–Crippen MR) is 49.7 cm³/mol. The second-order valence-corrected chi connectivity index (χ2v) is 3.38. The Balaban J connectivity index is 2.24. The average molecular weight is 207 g/mol. The molecule has 5 nitrogen and oxygen atoms in total. The summed E-state index contributed by atoms with van der Waals surface area (Å²) in [7, 11) is 1.30. The van der Waals surface area contributed by atoms with Crippen LogP contribution in [-0.4, -0.2) is 30.7 Å². The van der Waals surface area contributed by atoms with Crippen LogP contribution >= 0.6 is 0 Å². The maximum atomic E-state index is 11.2. The molecule has 78 valence electrons. The standard InChI is InChI=1S/C10H9NO4/c1-15-10(14)7-2-5-3-8(12)9(13)4-6(5)11-7/h3-4,7,11H,2H2,1H3/t7-/m1/s1. The summed E-state index contributed by atoms with van der Waals surface area (Å²) in [4.78, 5) is 33.3. The van der Waals surface area contributed by atoms with E-state index in [9.17, 15) is 14.4 Å². The molecule has 1 N–H and O–H groups in total. The Morgan fingerprint density at radius 2 is 2.07 bits per heavy atom. The summed E-state index contributed by atoms with van der Waals surface area (Å²) in [5.41, 5.74) is 1.24. The van der Waals surface area contributed by atoms with Gasteiger partial charge >= 0.3 is 5.97 Å². The highest BCUT2D eigenvalue weighted by Gasteiger charge is 2.33. The van der Waals surface area contributed by atoms with Gasteiger partial charge in [-0.3, -0.25) is 9.59 Å². The van der Waals surface area contributed by atoms with E-state index >= 15 is 0 Å². The monoisotopic (exact) mass is 207 g/mol. The minimum Gasteiger partial charge on any atom is -0.467 e. The van der Waals surface area contributed by atoms with Gasteiger partial charge in [-0.2, -0.15) is 0 Å². The maximum absolute atomic E-state index is 11.2. The molecule has 0 spiro atoms. The van der Waals surface area contributed by atoms with Crippen LogP contribution in [0, 0.1) is 0 Å². The van der Waals surface area contributed by atoms with Gasteiger partial charge in [0, 0.05) is 18.2 Å². The van der Waals surface area contributed by atoms with E-state index in [1.54, 1.807) is 0 Å². The fourth-order valence-electron chi connectivity index (χ4n) is 1.65. The molecule has 1 aliphatic heterocycles. The third-order valence-corrected chi connectivity index (χ3v) is 2.41. The second-order valence-electron chi connectivity index (χ2n) is 3.38. The summed E-state index contributed by atoms with van der Waals surface area (Å²) in [6, 6.07) is -0.494. The van der Waals surface area contributed by atoms with Crippen molar-refractivity contribution in [1.29, 1.82) is 0 Å². The van der Waals surface area contributed by atoms with Crippen molar-refractivity contribution >= 4 is 17.5 Å². The molecule has 1 heterocycles. The number of carbonyl (C=O) groups excluding carboxylic acids is 3. The molecular formula is C10H9NO4. The van der Waals surface area contributed by atoms with Crippen LogP contribution in [0.1, 0.15) is 6.42 Å². The van der Waals surface area contributed by atoms with Crippen molar-refractivity contribution in [3.05, 3.63) is 23.4 Å². The van der Waals surface area contributed by atoms with E-state index in [2.05, 4.69) is 10.1 Å². The van der Waals surface area contributed by atoms with Crippen LogP contribution in [0.3, 0.4) is 0 Å². The van der Waals surface area contributed by atoms with Crippen molar-refractivity contribution in [1.82, 2.24) is 5.32 Å². The lowest BCUT2D eigenvalue weighted by atomic mass is 10.0. The van der Waals surface area contributed by atoms with Crippen LogP contribution in [0.4, 0.5) is 0 Å². The molecule has 2 rings (SSSR count). The van der Waals surface area contributed by atoms with Crippen molar-refractivity contribution < 1.29 is 19.1 Å². The quantitative estimate of drug-likeness (QED) is 0.356. The van der Waals surface area contributed by atoms with Gasteiger partial charge in [-0.25, -0.2) is 4.79 Å². The molecule has 1 saturated heterocycles. The molecule has 0 unspecified atom stereocenters. The number of ether oxygens (including phenoxy) is 1. The highest BCUT2D eigenvalue weighted by molar-refractivity contribution is 6.46. The number of carbonyl (C=O) groups is 3. The van der Waals surface area contributed by atoms with Crippen molar-refractivity contribution in [2.75, 3.05) is 7.11 Å². The van der Waals surface area contributed by atoms with Crippen LogP contribution in [0.15, 0.2) is 23.4 Å². The Morgan fingerprint density at radius 1 is 1.40 bits per heavy atom. The highest BCUT2D eigenvalue weighted by atomic mass is 16.5. The van der Waals surface area contributed by atoms with Crippen LogP contribution in [0.25, 0.3) is 0 Å². The number of hydrogen-bond acceptors (Lipinski definition) is 5. The normalized spacial score (nSPS) is 23.9. The first kappa shape index (κ1) is 9.64. The molecule has 0 aromatic carbocycles. The molecule has 5 heteroatoms. The smallest absolute Gasteiger partial charge is 0.328 e. The first-order chi connectivity index (χ1) is 7.11. The van der Waals surface area contributed by atoms with E-state index in [0.29, 0.717) is 17.7 Å². The summed E-state index contributed by atoms with van der Waals surface area (Å²) >= 11 is 0. The summed E-state index contributed by atoms with van der Waals surface area (Å²) in [6.07, 6.45) is 2.88. The number of hydrogen-bond donors (Lipinski definition) is 1. The molecule has 2 aliphatic rings. The number of methoxy groups -OCH3 is 1. The van der Waals surface area contributed by atoms with Crippen molar-refractivity contribution in [2.24, 2.45) is 0 Å². The van der Waals surface area contributed by atoms with E-state index in [1.165, 1.54) is 19.3 Å². The SMILES string of the molecule is COC(=O)[C@H]1CC2=CC(=O)C(=O)C=C2N1. The van der Waals surface area contributed by atoms with Crippen LogP contribution < -0.4 is 5.32 Å². The number of ketones is 2. The van der Waals surface area contributed by atoms with Gasteiger partial charge in [0.1, 0.15) is 6.04 Å². The summed E-state index contributed by atoms with van der Waals surface area (Å²) in [5, 5.41) is 2.84. The zero-order valence-corrected chi connectivity index (χ0v) is 8.07. The molecule has 1 atom stereocenters. The molecule has 0 aromatic heterocycles. The van der Waals surface area contributed by atoms with E-state index < -0.39 is 23.6 Å². The third-order valence-electron chi connectivity index (χ3n) is 2.41. The molecule has 0 radical (unpaired) electrons. The number of nitrogens with one attached hydrogen (secondary N) is 1. The van der Waals surface area contributed by atoms with E-state index in [1.807, 2.05) is 0 Å². The average Bonchev–Trinajstić information content (AvgIpc) is 2.60. The third kappa shape index (κ3) is 1.56. The molecule has 0 amide bonds. The fourth-order valence-corrected chi connectivity index (χ4v) is 1.65. The first-order valence-corrected chi connectivity index (χ1v) is 4.47. The van der Waals surface area contributed by atoms with E-state index in [0.717, 1.165) is 0 Å². The minimum atomic E-state index is -0.563. The largest absolute Gasteiger partial charge is 0.467 e. The Hall–Kier alpha value is -1.91. The molecule has 1 aliphatic carbocycles. The second kappa shape index (κ2) is 3.34. The van der Waals surface area contributed by atoms with Gasteiger partial charge in [0.05, 0.1) is 7.11 Å². The Kier molecular flexibility index (Phi) is 2.15. The fraction of sp³-hybridized carbons (Fsp3) is 0.300. The van der Waals surface area contributed by atoms with E-state index in [-0.39, 0.29) is 0 Å². The zero-order valence-electron chi connectivity index (χ0n) is 8.07. The topological polar surface area (TPSA) is 72.5 Å². The Labute approximate surface area is 85.8 Å². The summed E-state index contributed by atoms with van der Waals surface area (Å²) in [6.45, 7) is 0. The molecule has 1 fully saturated rings. The first-order valence-electron chi connectivity index (χ1n) is 4.47. The number of fused-ring (bicyclic) bond motifs is 1. The van der Waals surface area contributed by atoms with Crippen molar-refractivity contribution in [3.63, 3.8) is 0 Å². The maximum Gasteiger partial charge on any atom is 0.328 e. The van der Waals surface area contributed by atoms with Gasteiger partial charge in [0.15, 0.2) is 0 Å². The highest BCUT2D eigenvalue weighted by Crippen LogP contribution is 2.26. The summed E-state index contributed by atoms with van der Waals surface area (Å²) < 4.78 is 4.57. The minimum absolute atomic E-state index is 0.386. The number of rotatable bonds is 1. The van der Waals surface area contributed by atoms with Crippen LogP contribution in [-0.2, 0) is 19.1 Å². The number of allylic oxidation sites excluding steroid dienone is 3. The molecule has 0 saturated carbocycles.